The van der Waals surface area contributed by atoms with E-state index in [0.29, 0.717) is 6.54 Å². The molecule has 1 atom stereocenters. The molecule has 1 aromatic carbocycles. The molecule has 5 nitrogen and oxygen atoms in total. The number of guanidine groups is 1. The molecule has 0 aliphatic carbocycles. The van der Waals surface area contributed by atoms with Gasteiger partial charge in [-0.1, -0.05) is 25.1 Å². The number of likely N-dealkylation sites (N-methyl/N-ethyl adjacent to an activating group) is 1. The highest BCUT2D eigenvalue weighted by molar-refractivity contribution is 5.79. The van der Waals surface area contributed by atoms with Crippen molar-refractivity contribution in [2.45, 2.75) is 26.9 Å². The lowest BCUT2D eigenvalue weighted by Gasteiger charge is -2.19. The molecule has 22 heavy (non-hydrogen) atoms. The molecule has 0 bridgehead atoms. The van der Waals surface area contributed by atoms with Gasteiger partial charge in [-0.15, -0.1) is 0 Å². The van der Waals surface area contributed by atoms with Crippen LogP contribution in [0.25, 0.3) is 0 Å². The topological polar surface area (TPSA) is 48.9 Å². The van der Waals surface area contributed by atoms with Gasteiger partial charge >= 0.3 is 0 Å². The first kappa shape index (κ1) is 18.3. The van der Waals surface area contributed by atoms with Gasteiger partial charge in [0, 0.05) is 20.1 Å². The molecule has 0 radical (unpaired) electrons. The van der Waals surface area contributed by atoms with Crippen molar-refractivity contribution in [3.8, 4) is 5.75 Å². The fourth-order valence-electron chi connectivity index (χ4n) is 1.93. The van der Waals surface area contributed by atoms with Crippen molar-refractivity contribution in [1.82, 2.24) is 15.5 Å². The summed E-state index contributed by atoms with van der Waals surface area (Å²) in [5.41, 5.74) is 1.15. The van der Waals surface area contributed by atoms with E-state index in [0.717, 1.165) is 36.9 Å². The summed E-state index contributed by atoms with van der Waals surface area (Å²) in [6.07, 6.45) is 0.0676. The molecule has 0 heterocycles. The van der Waals surface area contributed by atoms with Crippen molar-refractivity contribution in [2.75, 3.05) is 40.3 Å². The van der Waals surface area contributed by atoms with Gasteiger partial charge in [0.15, 0.2) is 5.96 Å². The highest BCUT2D eigenvalue weighted by Crippen LogP contribution is 2.17. The SMILES string of the molecule is CCN(C)CCNC(=NC)NCC(C)Oc1ccccc1C. The molecule has 1 unspecified atom stereocenters. The molecule has 0 amide bonds. The molecular formula is C17H30N4O. The maximum Gasteiger partial charge on any atom is 0.191 e. The molecule has 5 heteroatoms. The van der Waals surface area contributed by atoms with Crippen LogP contribution in [-0.2, 0) is 0 Å². The third kappa shape index (κ3) is 6.80. The van der Waals surface area contributed by atoms with Gasteiger partial charge in [-0.3, -0.25) is 4.99 Å². The number of aliphatic imine (C=N–C) groups is 1. The number of nitrogens with zero attached hydrogens (tertiary/aromatic N) is 2. The number of ether oxygens (including phenoxy) is 1. The predicted molar refractivity (Wildman–Crippen MR) is 93.8 cm³/mol. The molecule has 0 saturated heterocycles. The molecule has 0 aliphatic rings. The van der Waals surface area contributed by atoms with E-state index in [1.54, 1.807) is 7.05 Å². The maximum absolute atomic E-state index is 5.95. The first-order chi connectivity index (χ1) is 10.6. The molecule has 2 N–H and O–H groups in total. The molecule has 0 spiro atoms. The summed E-state index contributed by atoms with van der Waals surface area (Å²) in [6, 6.07) is 8.07. The fourth-order valence-corrected chi connectivity index (χ4v) is 1.93. The van der Waals surface area contributed by atoms with Crippen molar-refractivity contribution in [3.05, 3.63) is 29.8 Å². The van der Waals surface area contributed by atoms with Crippen LogP contribution in [0.4, 0.5) is 0 Å². The molecule has 0 aromatic heterocycles. The predicted octanol–water partition coefficient (Wildman–Crippen LogP) is 1.88. The summed E-state index contributed by atoms with van der Waals surface area (Å²) >= 11 is 0. The van der Waals surface area contributed by atoms with E-state index in [4.69, 9.17) is 4.74 Å². The van der Waals surface area contributed by atoms with Gasteiger partial charge in [-0.05, 0) is 39.1 Å². The van der Waals surface area contributed by atoms with Gasteiger partial charge in [-0.2, -0.15) is 0 Å². The zero-order chi connectivity index (χ0) is 16.4. The van der Waals surface area contributed by atoms with Crippen LogP contribution in [0, 0.1) is 6.92 Å². The zero-order valence-corrected chi connectivity index (χ0v) is 14.5. The van der Waals surface area contributed by atoms with Crippen LogP contribution in [0.5, 0.6) is 5.75 Å². The smallest absolute Gasteiger partial charge is 0.191 e. The van der Waals surface area contributed by atoms with E-state index < -0.39 is 0 Å². The van der Waals surface area contributed by atoms with Crippen LogP contribution < -0.4 is 15.4 Å². The Morgan fingerprint density at radius 3 is 2.68 bits per heavy atom. The van der Waals surface area contributed by atoms with E-state index in [1.807, 2.05) is 18.2 Å². The third-order valence-corrected chi connectivity index (χ3v) is 3.53. The first-order valence-electron chi connectivity index (χ1n) is 7.92. The maximum atomic E-state index is 5.95. The number of hydrogen-bond donors (Lipinski definition) is 2. The van der Waals surface area contributed by atoms with Gasteiger partial charge in [0.25, 0.3) is 0 Å². The van der Waals surface area contributed by atoms with Crippen LogP contribution >= 0.6 is 0 Å². The van der Waals surface area contributed by atoms with Crippen molar-refractivity contribution >= 4 is 5.96 Å². The van der Waals surface area contributed by atoms with Gasteiger partial charge in [0.1, 0.15) is 11.9 Å². The second-order valence-electron chi connectivity index (χ2n) is 5.47. The Morgan fingerprint density at radius 1 is 1.32 bits per heavy atom. The number of benzene rings is 1. The second-order valence-corrected chi connectivity index (χ2v) is 5.47. The van der Waals surface area contributed by atoms with Crippen LogP contribution in [0.1, 0.15) is 19.4 Å². The number of rotatable bonds is 8. The molecule has 1 rings (SSSR count). The Kier molecular flexibility index (Phi) is 8.36. The Labute approximate surface area is 134 Å². The lowest BCUT2D eigenvalue weighted by molar-refractivity contribution is 0.222. The van der Waals surface area contributed by atoms with Crippen LogP contribution in [-0.4, -0.2) is 57.2 Å². The van der Waals surface area contributed by atoms with E-state index in [1.165, 1.54) is 0 Å². The van der Waals surface area contributed by atoms with Crippen LogP contribution in [0.3, 0.4) is 0 Å². The Morgan fingerprint density at radius 2 is 2.05 bits per heavy atom. The number of hydrogen-bond acceptors (Lipinski definition) is 3. The largest absolute Gasteiger partial charge is 0.489 e. The second kappa shape index (κ2) is 10.1. The molecule has 0 saturated carbocycles. The monoisotopic (exact) mass is 306 g/mol. The lowest BCUT2D eigenvalue weighted by Crippen LogP contribution is -2.44. The Hall–Kier alpha value is -1.75. The molecule has 0 fully saturated rings. The third-order valence-electron chi connectivity index (χ3n) is 3.53. The lowest BCUT2D eigenvalue weighted by atomic mass is 10.2. The normalized spacial score (nSPS) is 13.1. The summed E-state index contributed by atoms with van der Waals surface area (Å²) in [6.45, 7) is 9.88. The summed E-state index contributed by atoms with van der Waals surface area (Å²) in [4.78, 5) is 6.48. The van der Waals surface area contributed by atoms with Crippen LogP contribution in [0.15, 0.2) is 29.3 Å². The summed E-state index contributed by atoms with van der Waals surface area (Å²) in [5, 5.41) is 6.60. The highest BCUT2D eigenvalue weighted by Gasteiger charge is 2.07. The summed E-state index contributed by atoms with van der Waals surface area (Å²) < 4.78 is 5.95. The van der Waals surface area contributed by atoms with Crippen LogP contribution in [0.2, 0.25) is 0 Å². The fraction of sp³-hybridized carbons (Fsp3) is 0.588. The molecule has 124 valence electrons. The molecule has 0 aliphatic heterocycles. The average molecular weight is 306 g/mol. The standard InChI is InChI=1S/C17H30N4O/c1-6-21(5)12-11-19-17(18-4)20-13-15(3)22-16-10-8-7-9-14(16)2/h7-10,15H,6,11-13H2,1-5H3,(H2,18,19,20). The first-order valence-corrected chi connectivity index (χ1v) is 7.92. The Bertz CT molecular complexity index is 462. The van der Waals surface area contributed by atoms with Crippen molar-refractivity contribution in [2.24, 2.45) is 4.99 Å². The van der Waals surface area contributed by atoms with Crippen molar-refractivity contribution in [1.29, 1.82) is 0 Å². The van der Waals surface area contributed by atoms with Gasteiger partial charge in [0.2, 0.25) is 0 Å². The van der Waals surface area contributed by atoms with Gasteiger partial charge in [-0.25, -0.2) is 0 Å². The molecular weight excluding hydrogens is 276 g/mol. The van der Waals surface area contributed by atoms with Crippen molar-refractivity contribution in [3.63, 3.8) is 0 Å². The van der Waals surface area contributed by atoms with E-state index in [9.17, 15) is 0 Å². The zero-order valence-electron chi connectivity index (χ0n) is 14.5. The number of para-hydroxylation sites is 1. The number of nitrogens with one attached hydrogen (secondary N) is 2. The molecule has 1 aromatic rings. The highest BCUT2D eigenvalue weighted by atomic mass is 16.5. The van der Waals surface area contributed by atoms with Gasteiger partial charge in [0.05, 0.1) is 6.54 Å². The minimum absolute atomic E-state index is 0.0676. The number of aryl methyl sites for hydroxylation is 1. The summed E-state index contributed by atoms with van der Waals surface area (Å²) in [7, 11) is 3.89. The van der Waals surface area contributed by atoms with Gasteiger partial charge < -0.3 is 20.3 Å². The van der Waals surface area contributed by atoms with Crippen molar-refractivity contribution < 1.29 is 4.74 Å². The Balaban J connectivity index is 2.32. The quantitative estimate of drug-likeness (QED) is 0.569. The average Bonchev–Trinajstić information content (AvgIpc) is 2.52. The minimum Gasteiger partial charge on any atom is -0.489 e. The minimum atomic E-state index is 0.0676. The van der Waals surface area contributed by atoms with E-state index in [-0.39, 0.29) is 6.10 Å². The van der Waals surface area contributed by atoms with E-state index in [2.05, 4.69) is 54.4 Å². The van der Waals surface area contributed by atoms with E-state index >= 15 is 0 Å². The summed E-state index contributed by atoms with van der Waals surface area (Å²) in [5.74, 6) is 1.74.